The van der Waals surface area contributed by atoms with Gasteiger partial charge in [-0.2, -0.15) is 5.10 Å². The first kappa shape index (κ1) is 14.6. The molecule has 1 atom stereocenters. The maximum Gasteiger partial charge on any atom is 0.228 e. The lowest BCUT2D eigenvalue weighted by molar-refractivity contribution is -0.140. The molecule has 2 aliphatic heterocycles. The number of fused-ring (bicyclic) bond motifs is 1. The van der Waals surface area contributed by atoms with E-state index in [1.807, 2.05) is 21.7 Å². The largest absolute Gasteiger partial charge is 0.381 e. The lowest BCUT2D eigenvalue weighted by Crippen LogP contribution is -2.43. The lowest BCUT2D eigenvalue weighted by atomic mass is 9.91. The molecule has 6 heteroatoms. The summed E-state index contributed by atoms with van der Waals surface area (Å²) in [4.78, 5) is 18.9. The van der Waals surface area contributed by atoms with Gasteiger partial charge in [-0.25, -0.2) is 9.50 Å². The summed E-state index contributed by atoms with van der Waals surface area (Å²) in [5.74, 6) is 0.785. The molecule has 2 aromatic rings. The number of hydrogen-bond acceptors (Lipinski definition) is 4. The number of carbonyl (C=O) groups excluding carboxylic acids is 1. The van der Waals surface area contributed by atoms with Crippen molar-refractivity contribution in [3.05, 3.63) is 30.2 Å². The van der Waals surface area contributed by atoms with E-state index in [1.54, 1.807) is 6.20 Å². The van der Waals surface area contributed by atoms with Crippen LogP contribution in [0.3, 0.4) is 0 Å². The normalized spacial score (nSPS) is 23.3. The molecule has 6 nitrogen and oxygen atoms in total. The number of ether oxygens (including phenoxy) is 1. The van der Waals surface area contributed by atoms with Crippen LogP contribution < -0.4 is 0 Å². The molecule has 2 saturated heterocycles. The Balaban J connectivity index is 1.42. The maximum atomic E-state index is 12.6. The van der Waals surface area contributed by atoms with Crippen molar-refractivity contribution in [2.75, 3.05) is 26.3 Å². The molecule has 1 unspecified atom stereocenters. The van der Waals surface area contributed by atoms with Gasteiger partial charge < -0.3 is 9.64 Å². The third-order valence-electron chi connectivity index (χ3n) is 5.05. The Morgan fingerprint density at radius 2 is 2.04 bits per heavy atom. The summed E-state index contributed by atoms with van der Waals surface area (Å²) in [5.41, 5.74) is 2.09. The molecule has 0 saturated carbocycles. The Kier molecular flexibility index (Phi) is 3.99. The molecule has 0 spiro atoms. The van der Waals surface area contributed by atoms with Crippen molar-refractivity contribution in [1.29, 1.82) is 0 Å². The summed E-state index contributed by atoms with van der Waals surface area (Å²) in [6.45, 7) is 3.04. The van der Waals surface area contributed by atoms with Crippen LogP contribution in [0, 0.1) is 5.92 Å². The molecule has 4 heterocycles. The van der Waals surface area contributed by atoms with Gasteiger partial charge in [0.05, 0.1) is 18.7 Å². The van der Waals surface area contributed by atoms with Crippen LogP contribution in [-0.4, -0.2) is 51.7 Å². The molecule has 2 aliphatic rings. The van der Waals surface area contributed by atoms with E-state index in [2.05, 4.69) is 16.1 Å². The molecule has 2 aromatic heterocycles. The summed E-state index contributed by atoms with van der Waals surface area (Å²) in [6.07, 6.45) is 7.57. The maximum absolute atomic E-state index is 12.6. The van der Waals surface area contributed by atoms with E-state index in [0.29, 0.717) is 12.5 Å². The van der Waals surface area contributed by atoms with Gasteiger partial charge in [-0.1, -0.05) is 0 Å². The molecule has 0 N–H and O–H groups in total. The minimum atomic E-state index is 0.0686. The van der Waals surface area contributed by atoms with E-state index in [-0.39, 0.29) is 11.8 Å². The SMILES string of the molecule is O=C(C1CCCOC1)N1CCC(c2ccnc3ccnn23)CC1. The van der Waals surface area contributed by atoms with Crippen molar-refractivity contribution in [1.82, 2.24) is 19.5 Å². The Morgan fingerprint density at radius 3 is 2.83 bits per heavy atom. The van der Waals surface area contributed by atoms with Crippen LogP contribution in [0.1, 0.15) is 37.3 Å². The number of carbonyl (C=O) groups is 1. The number of nitrogens with zero attached hydrogens (tertiary/aromatic N) is 4. The van der Waals surface area contributed by atoms with Crippen LogP contribution in [-0.2, 0) is 9.53 Å². The highest BCUT2D eigenvalue weighted by atomic mass is 16.5. The van der Waals surface area contributed by atoms with Crippen LogP contribution in [0.4, 0.5) is 0 Å². The first-order valence-corrected chi connectivity index (χ1v) is 8.48. The second kappa shape index (κ2) is 6.28. The Hall–Kier alpha value is -1.95. The predicted molar refractivity (Wildman–Crippen MR) is 85.1 cm³/mol. The minimum absolute atomic E-state index is 0.0686. The zero-order valence-electron chi connectivity index (χ0n) is 13.2. The fourth-order valence-corrected chi connectivity index (χ4v) is 3.75. The molecule has 0 aromatic carbocycles. The van der Waals surface area contributed by atoms with Gasteiger partial charge in [0.15, 0.2) is 5.65 Å². The van der Waals surface area contributed by atoms with Gasteiger partial charge in [-0.05, 0) is 31.7 Å². The number of aromatic nitrogens is 3. The molecular formula is C17H22N4O2. The quantitative estimate of drug-likeness (QED) is 0.849. The zero-order valence-corrected chi connectivity index (χ0v) is 13.2. The summed E-state index contributed by atoms with van der Waals surface area (Å²) < 4.78 is 7.39. The average Bonchev–Trinajstić information content (AvgIpc) is 3.11. The van der Waals surface area contributed by atoms with E-state index >= 15 is 0 Å². The van der Waals surface area contributed by atoms with Gasteiger partial charge in [-0.15, -0.1) is 0 Å². The molecule has 0 aliphatic carbocycles. The fraction of sp³-hybridized carbons (Fsp3) is 0.588. The topological polar surface area (TPSA) is 59.7 Å². The molecular weight excluding hydrogens is 292 g/mol. The molecule has 0 bridgehead atoms. The van der Waals surface area contributed by atoms with Gasteiger partial charge in [0.2, 0.25) is 5.91 Å². The van der Waals surface area contributed by atoms with Crippen molar-refractivity contribution < 1.29 is 9.53 Å². The van der Waals surface area contributed by atoms with Gasteiger partial charge in [0.1, 0.15) is 0 Å². The van der Waals surface area contributed by atoms with Crippen LogP contribution >= 0.6 is 0 Å². The molecule has 2 fully saturated rings. The summed E-state index contributed by atoms with van der Waals surface area (Å²) in [6, 6.07) is 3.97. The summed E-state index contributed by atoms with van der Waals surface area (Å²) in [7, 11) is 0. The van der Waals surface area contributed by atoms with Crippen molar-refractivity contribution in [2.45, 2.75) is 31.6 Å². The summed E-state index contributed by atoms with van der Waals surface area (Å²) >= 11 is 0. The van der Waals surface area contributed by atoms with E-state index < -0.39 is 0 Å². The second-order valence-electron chi connectivity index (χ2n) is 6.48. The molecule has 0 radical (unpaired) electrons. The first-order chi connectivity index (χ1) is 11.3. The smallest absolute Gasteiger partial charge is 0.228 e. The Morgan fingerprint density at radius 1 is 1.17 bits per heavy atom. The van der Waals surface area contributed by atoms with Gasteiger partial charge in [0, 0.05) is 43.6 Å². The van der Waals surface area contributed by atoms with E-state index in [1.165, 1.54) is 5.69 Å². The number of hydrogen-bond donors (Lipinski definition) is 0. The first-order valence-electron chi connectivity index (χ1n) is 8.48. The van der Waals surface area contributed by atoms with Crippen LogP contribution in [0.15, 0.2) is 24.5 Å². The third-order valence-corrected chi connectivity index (χ3v) is 5.05. The van der Waals surface area contributed by atoms with Crippen molar-refractivity contribution in [2.24, 2.45) is 5.92 Å². The van der Waals surface area contributed by atoms with Crippen LogP contribution in [0.2, 0.25) is 0 Å². The summed E-state index contributed by atoms with van der Waals surface area (Å²) in [5, 5.41) is 4.38. The van der Waals surface area contributed by atoms with Crippen molar-refractivity contribution in [3.63, 3.8) is 0 Å². The minimum Gasteiger partial charge on any atom is -0.381 e. The standard InChI is InChI=1S/C17H22N4O2/c22-17(14-2-1-11-23-12-14)20-9-5-13(6-10-20)15-3-7-18-16-4-8-19-21(15)16/h3-4,7-8,13-14H,1-2,5-6,9-12H2. The average molecular weight is 314 g/mol. The number of rotatable bonds is 2. The predicted octanol–water partition coefficient (Wildman–Crippen LogP) is 1.86. The fourth-order valence-electron chi connectivity index (χ4n) is 3.75. The van der Waals surface area contributed by atoms with Gasteiger partial charge in [0.25, 0.3) is 0 Å². The van der Waals surface area contributed by atoms with E-state index in [4.69, 9.17) is 4.74 Å². The highest BCUT2D eigenvalue weighted by Gasteiger charge is 2.30. The van der Waals surface area contributed by atoms with E-state index in [9.17, 15) is 4.79 Å². The highest BCUT2D eigenvalue weighted by molar-refractivity contribution is 5.79. The van der Waals surface area contributed by atoms with Gasteiger partial charge >= 0.3 is 0 Å². The molecule has 1 amide bonds. The third kappa shape index (κ3) is 2.83. The monoisotopic (exact) mass is 314 g/mol. The van der Waals surface area contributed by atoms with Crippen molar-refractivity contribution >= 4 is 11.6 Å². The highest BCUT2D eigenvalue weighted by Crippen LogP contribution is 2.29. The zero-order chi connectivity index (χ0) is 15.6. The lowest BCUT2D eigenvalue weighted by Gasteiger charge is -2.35. The number of likely N-dealkylation sites (tertiary alicyclic amines) is 1. The molecule has 23 heavy (non-hydrogen) atoms. The van der Waals surface area contributed by atoms with E-state index in [0.717, 1.165) is 51.0 Å². The number of piperidine rings is 1. The Labute approximate surface area is 135 Å². The number of amides is 1. The second-order valence-corrected chi connectivity index (χ2v) is 6.48. The van der Waals surface area contributed by atoms with Gasteiger partial charge in [-0.3, -0.25) is 4.79 Å². The van der Waals surface area contributed by atoms with Crippen LogP contribution in [0.5, 0.6) is 0 Å². The van der Waals surface area contributed by atoms with Crippen LogP contribution in [0.25, 0.3) is 5.65 Å². The molecule has 122 valence electrons. The molecule has 4 rings (SSSR count). The Bertz CT molecular complexity index is 685. The van der Waals surface area contributed by atoms with Crippen molar-refractivity contribution in [3.8, 4) is 0 Å².